The molecule has 0 radical (unpaired) electrons. The lowest BCUT2D eigenvalue weighted by Gasteiger charge is -2.14. The van der Waals surface area contributed by atoms with Crippen molar-refractivity contribution in [2.45, 2.75) is 18.9 Å². The van der Waals surface area contributed by atoms with Crippen LogP contribution in [0.25, 0.3) is 20.8 Å². The van der Waals surface area contributed by atoms with Crippen LogP contribution in [-0.2, 0) is 4.74 Å². The number of rotatable bonds is 4. The Bertz CT molecular complexity index is 902. The number of thiazole rings is 1. The molecule has 3 N–H and O–H groups in total. The monoisotopic (exact) mass is 385 g/mol. The van der Waals surface area contributed by atoms with E-state index in [4.69, 9.17) is 17.0 Å². The third-order valence-corrected chi connectivity index (χ3v) is 5.61. The van der Waals surface area contributed by atoms with Gasteiger partial charge in [-0.25, -0.2) is 4.98 Å². The van der Waals surface area contributed by atoms with Crippen molar-refractivity contribution in [3.8, 4) is 16.3 Å². The second-order valence-electron chi connectivity index (χ2n) is 6.19. The predicted molar refractivity (Wildman–Crippen MR) is 110 cm³/mol. The second kappa shape index (κ2) is 7.57. The number of hydrogen-bond donors (Lipinski definition) is 3. The fourth-order valence-electron chi connectivity index (χ4n) is 2.96. The fraction of sp³-hybridized carbons (Fsp3) is 0.263. The van der Waals surface area contributed by atoms with Crippen molar-refractivity contribution < 1.29 is 9.84 Å². The van der Waals surface area contributed by atoms with Gasteiger partial charge in [-0.05, 0) is 55.4 Å². The van der Waals surface area contributed by atoms with Gasteiger partial charge in [0.2, 0.25) is 0 Å². The molecule has 2 heterocycles. The van der Waals surface area contributed by atoms with Gasteiger partial charge in [0.1, 0.15) is 10.8 Å². The number of nitrogens with one attached hydrogen (secondary N) is 2. The first-order chi connectivity index (χ1) is 12.7. The largest absolute Gasteiger partial charge is 0.507 e. The van der Waals surface area contributed by atoms with Crippen molar-refractivity contribution in [1.82, 2.24) is 10.3 Å². The van der Waals surface area contributed by atoms with Crippen molar-refractivity contribution in [2.24, 2.45) is 0 Å². The summed E-state index contributed by atoms with van der Waals surface area (Å²) in [5.41, 5.74) is 2.43. The lowest BCUT2D eigenvalue weighted by molar-refractivity contribution is 0.114. The smallest absolute Gasteiger partial charge is 0.170 e. The minimum Gasteiger partial charge on any atom is -0.507 e. The molecular formula is C19H19N3O2S2. The van der Waals surface area contributed by atoms with Crippen LogP contribution >= 0.6 is 23.6 Å². The van der Waals surface area contributed by atoms with Crippen molar-refractivity contribution >= 4 is 44.6 Å². The van der Waals surface area contributed by atoms with Gasteiger partial charge in [0, 0.05) is 18.8 Å². The Morgan fingerprint density at radius 3 is 3.00 bits per heavy atom. The average molecular weight is 386 g/mol. The molecular weight excluding hydrogens is 366 g/mol. The SMILES string of the molecule is Oc1ccc(NC(=S)NC[C@H]2CCCO2)cc1-c1nc2ccccc2s1. The van der Waals surface area contributed by atoms with E-state index in [0.29, 0.717) is 17.2 Å². The molecule has 1 atom stereocenters. The van der Waals surface area contributed by atoms with Gasteiger partial charge in [-0.3, -0.25) is 0 Å². The Morgan fingerprint density at radius 2 is 2.19 bits per heavy atom. The van der Waals surface area contributed by atoms with Gasteiger partial charge in [0.15, 0.2) is 5.11 Å². The van der Waals surface area contributed by atoms with E-state index in [1.807, 2.05) is 30.3 Å². The van der Waals surface area contributed by atoms with E-state index in [2.05, 4.69) is 15.6 Å². The minimum absolute atomic E-state index is 0.202. The number of benzene rings is 2. The Morgan fingerprint density at radius 1 is 1.31 bits per heavy atom. The quantitative estimate of drug-likeness (QED) is 0.463. The van der Waals surface area contributed by atoms with Crippen LogP contribution in [0.1, 0.15) is 12.8 Å². The van der Waals surface area contributed by atoms with Crippen LogP contribution in [0.3, 0.4) is 0 Å². The second-order valence-corrected chi connectivity index (χ2v) is 7.63. The van der Waals surface area contributed by atoms with E-state index in [1.54, 1.807) is 23.5 Å². The molecule has 0 spiro atoms. The van der Waals surface area contributed by atoms with E-state index >= 15 is 0 Å². The van der Waals surface area contributed by atoms with Crippen LogP contribution in [0.4, 0.5) is 5.69 Å². The number of ether oxygens (including phenoxy) is 1. The minimum atomic E-state index is 0.202. The summed E-state index contributed by atoms with van der Waals surface area (Å²) in [6.07, 6.45) is 2.40. The first kappa shape index (κ1) is 17.2. The number of phenols is 1. The maximum atomic E-state index is 10.3. The molecule has 0 unspecified atom stereocenters. The maximum absolute atomic E-state index is 10.3. The van der Waals surface area contributed by atoms with E-state index in [9.17, 15) is 5.11 Å². The highest BCUT2D eigenvalue weighted by atomic mass is 32.1. The number of hydrogen-bond acceptors (Lipinski definition) is 5. The van der Waals surface area contributed by atoms with Crippen molar-refractivity contribution in [3.63, 3.8) is 0 Å². The van der Waals surface area contributed by atoms with Crippen LogP contribution in [0.15, 0.2) is 42.5 Å². The number of aromatic hydroxyl groups is 1. The van der Waals surface area contributed by atoms with Crippen LogP contribution < -0.4 is 10.6 Å². The third kappa shape index (κ3) is 3.80. The van der Waals surface area contributed by atoms with Crippen LogP contribution in [-0.4, -0.2) is 34.5 Å². The van der Waals surface area contributed by atoms with E-state index in [0.717, 1.165) is 40.4 Å². The van der Waals surface area contributed by atoms with E-state index in [-0.39, 0.29) is 11.9 Å². The van der Waals surface area contributed by atoms with Gasteiger partial charge in [-0.1, -0.05) is 12.1 Å². The molecule has 4 rings (SSSR count). The van der Waals surface area contributed by atoms with Crippen molar-refractivity contribution in [2.75, 3.05) is 18.5 Å². The Labute approximate surface area is 161 Å². The topological polar surface area (TPSA) is 66.4 Å². The number of anilines is 1. The summed E-state index contributed by atoms with van der Waals surface area (Å²) in [5.74, 6) is 0.202. The molecule has 1 aromatic heterocycles. The first-order valence-electron chi connectivity index (χ1n) is 8.54. The summed E-state index contributed by atoms with van der Waals surface area (Å²) in [7, 11) is 0. The van der Waals surface area contributed by atoms with Crippen LogP contribution in [0.2, 0.25) is 0 Å². The lowest BCUT2D eigenvalue weighted by atomic mass is 10.2. The molecule has 0 bridgehead atoms. The predicted octanol–water partition coefficient (Wildman–Crippen LogP) is 4.13. The summed E-state index contributed by atoms with van der Waals surface area (Å²) >= 11 is 6.92. The normalized spacial score (nSPS) is 16.7. The molecule has 26 heavy (non-hydrogen) atoms. The van der Waals surface area contributed by atoms with Gasteiger partial charge in [-0.2, -0.15) is 0 Å². The molecule has 1 aliphatic heterocycles. The van der Waals surface area contributed by atoms with Crippen LogP contribution in [0, 0.1) is 0 Å². The van der Waals surface area contributed by atoms with Gasteiger partial charge in [0.25, 0.3) is 0 Å². The van der Waals surface area contributed by atoms with Gasteiger partial charge in [0.05, 0.1) is 21.9 Å². The molecule has 1 aliphatic rings. The van der Waals surface area contributed by atoms with Gasteiger partial charge < -0.3 is 20.5 Å². The molecule has 0 amide bonds. The van der Waals surface area contributed by atoms with Crippen molar-refractivity contribution in [1.29, 1.82) is 0 Å². The summed E-state index contributed by atoms with van der Waals surface area (Å²) in [4.78, 5) is 4.62. The summed E-state index contributed by atoms with van der Waals surface area (Å²) in [6.45, 7) is 1.53. The number of fused-ring (bicyclic) bond motifs is 1. The number of aromatic nitrogens is 1. The average Bonchev–Trinajstić information content (AvgIpc) is 3.31. The molecule has 0 aliphatic carbocycles. The highest BCUT2D eigenvalue weighted by Gasteiger charge is 2.16. The summed E-state index contributed by atoms with van der Waals surface area (Å²) in [5, 5.41) is 18.0. The zero-order valence-electron chi connectivity index (χ0n) is 14.1. The van der Waals surface area contributed by atoms with Crippen molar-refractivity contribution in [3.05, 3.63) is 42.5 Å². The molecule has 1 saturated heterocycles. The zero-order valence-corrected chi connectivity index (χ0v) is 15.7. The highest BCUT2D eigenvalue weighted by molar-refractivity contribution is 7.80. The molecule has 3 aromatic rings. The van der Waals surface area contributed by atoms with E-state index < -0.39 is 0 Å². The first-order valence-corrected chi connectivity index (χ1v) is 9.77. The van der Waals surface area contributed by atoms with Gasteiger partial charge in [-0.15, -0.1) is 11.3 Å². The number of para-hydroxylation sites is 1. The highest BCUT2D eigenvalue weighted by Crippen LogP contribution is 2.36. The standard InChI is InChI=1S/C19H19N3O2S2/c23-16-8-7-12(21-19(25)20-11-13-4-3-9-24-13)10-14(16)18-22-15-5-1-2-6-17(15)26-18/h1-2,5-8,10,13,23H,3-4,9,11H2,(H2,20,21,25)/t13-/m1/s1. The lowest BCUT2D eigenvalue weighted by Crippen LogP contribution is -2.34. The number of nitrogens with zero attached hydrogens (tertiary/aromatic N) is 1. The van der Waals surface area contributed by atoms with Gasteiger partial charge >= 0.3 is 0 Å². The molecule has 5 nitrogen and oxygen atoms in total. The summed E-state index contributed by atoms with van der Waals surface area (Å²) in [6, 6.07) is 13.3. The molecule has 134 valence electrons. The third-order valence-electron chi connectivity index (χ3n) is 4.29. The van der Waals surface area contributed by atoms with Crippen LogP contribution in [0.5, 0.6) is 5.75 Å². The number of thiocarbonyl (C=S) groups is 1. The Hall–Kier alpha value is -2.22. The maximum Gasteiger partial charge on any atom is 0.170 e. The summed E-state index contributed by atoms with van der Waals surface area (Å²) < 4.78 is 6.68. The Kier molecular flexibility index (Phi) is 5.01. The Balaban J connectivity index is 1.49. The molecule has 0 saturated carbocycles. The zero-order chi connectivity index (χ0) is 17.9. The molecule has 2 aromatic carbocycles. The molecule has 7 heteroatoms. The van der Waals surface area contributed by atoms with E-state index in [1.165, 1.54) is 0 Å². The fourth-order valence-corrected chi connectivity index (χ4v) is 4.15. The molecule has 1 fully saturated rings. The number of phenolic OH excluding ortho intramolecular Hbond substituents is 1.